The van der Waals surface area contributed by atoms with Crippen molar-refractivity contribution >= 4 is 0 Å². The molecule has 18 heavy (non-hydrogen) atoms. The monoisotopic (exact) mass is 247 g/mol. The van der Waals surface area contributed by atoms with E-state index in [1.165, 1.54) is 0 Å². The van der Waals surface area contributed by atoms with Gasteiger partial charge in [-0.1, -0.05) is 0 Å². The standard InChI is InChI=1S/C13H17N3O2/c1-16-9-8-14-12(16)6-5-11(17)10-4-3-7-15-13(10)18-2/h3-4,7-9,11,17H,5-6H2,1-2H3. The van der Waals surface area contributed by atoms with Gasteiger partial charge in [-0.3, -0.25) is 0 Å². The van der Waals surface area contributed by atoms with Crippen molar-refractivity contribution in [1.29, 1.82) is 0 Å². The zero-order valence-corrected chi connectivity index (χ0v) is 10.6. The van der Waals surface area contributed by atoms with Gasteiger partial charge in [-0.2, -0.15) is 0 Å². The molecule has 0 aliphatic carbocycles. The smallest absolute Gasteiger partial charge is 0.218 e. The highest BCUT2D eigenvalue weighted by Gasteiger charge is 2.14. The maximum atomic E-state index is 10.2. The van der Waals surface area contributed by atoms with Gasteiger partial charge < -0.3 is 14.4 Å². The summed E-state index contributed by atoms with van der Waals surface area (Å²) in [4.78, 5) is 8.31. The summed E-state index contributed by atoms with van der Waals surface area (Å²) in [7, 11) is 3.50. The highest BCUT2D eigenvalue weighted by atomic mass is 16.5. The predicted molar refractivity (Wildman–Crippen MR) is 67.3 cm³/mol. The van der Waals surface area contributed by atoms with Crippen LogP contribution in [-0.2, 0) is 13.5 Å². The first-order valence-electron chi connectivity index (χ1n) is 5.85. The minimum Gasteiger partial charge on any atom is -0.481 e. The summed E-state index contributed by atoms with van der Waals surface area (Å²) in [6.45, 7) is 0. The lowest BCUT2D eigenvalue weighted by Crippen LogP contribution is -2.05. The molecular formula is C13H17N3O2. The van der Waals surface area contributed by atoms with E-state index in [9.17, 15) is 5.11 Å². The van der Waals surface area contributed by atoms with Crippen molar-refractivity contribution in [1.82, 2.24) is 14.5 Å². The molecule has 5 nitrogen and oxygen atoms in total. The number of ether oxygens (including phenoxy) is 1. The van der Waals surface area contributed by atoms with Gasteiger partial charge in [0.1, 0.15) is 5.82 Å². The Balaban J connectivity index is 2.03. The van der Waals surface area contributed by atoms with E-state index in [1.54, 1.807) is 25.6 Å². The number of hydrogen-bond acceptors (Lipinski definition) is 4. The van der Waals surface area contributed by atoms with Crippen LogP contribution in [0.4, 0.5) is 0 Å². The van der Waals surface area contributed by atoms with Gasteiger partial charge in [0.2, 0.25) is 5.88 Å². The van der Waals surface area contributed by atoms with Crippen LogP contribution in [0.3, 0.4) is 0 Å². The second-order valence-corrected chi connectivity index (χ2v) is 4.11. The minimum absolute atomic E-state index is 0.477. The van der Waals surface area contributed by atoms with Crippen molar-refractivity contribution in [3.8, 4) is 5.88 Å². The topological polar surface area (TPSA) is 60.2 Å². The van der Waals surface area contributed by atoms with Gasteiger partial charge >= 0.3 is 0 Å². The highest BCUT2D eigenvalue weighted by Crippen LogP contribution is 2.25. The normalized spacial score (nSPS) is 12.4. The number of hydrogen-bond donors (Lipinski definition) is 1. The molecule has 0 aliphatic rings. The molecule has 1 N–H and O–H groups in total. The fraction of sp³-hybridized carbons (Fsp3) is 0.385. The number of aryl methyl sites for hydroxylation is 2. The SMILES string of the molecule is COc1ncccc1C(O)CCc1nccn1C. The van der Waals surface area contributed by atoms with Crippen LogP contribution in [0.2, 0.25) is 0 Å². The number of rotatable bonds is 5. The Labute approximate surface area is 106 Å². The van der Waals surface area contributed by atoms with Crippen LogP contribution in [0, 0.1) is 0 Å². The fourth-order valence-corrected chi connectivity index (χ4v) is 1.89. The third-order valence-corrected chi connectivity index (χ3v) is 2.92. The molecular weight excluding hydrogens is 230 g/mol. The molecule has 1 atom stereocenters. The average molecular weight is 247 g/mol. The molecule has 0 bridgehead atoms. The van der Waals surface area contributed by atoms with Crippen molar-refractivity contribution < 1.29 is 9.84 Å². The molecule has 0 amide bonds. The molecule has 0 radical (unpaired) electrons. The lowest BCUT2D eigenvalue weighted by molar-refractivity contribution is 0.161. The van der Waals surface area contributed by atoms with E-state index >= 15 is 0 Å². The Bertz CT molecular complexity index is 510. The van der Waals surface area contributed by atoms with Gasteiger partial charge in [0.25, 0.3) is 0 Å². The van der Waals surface area contributed by atoms with E-state index in [2.05, 4.69) is 9.97 Å². The molecule has 2 rings (SSSR count). The van der Waals surface area contributed by atoms with Crippen molar-refractivity contribution in [2.24, 2.45) is 7.05 Å². The molecule has 0 saturated carbocycles. The van der Waals surface area contributed by atoms with Crippen LogP contribution < -0.4 is 4.74 Å². The maximum absolute atomic E-state index is 10.2. The van der Waals surface area contributed by atoms with Crippen LogP contribution in [0.1, 0.15) is 23.9 Å². The number of aliphatic hydroxyl groups is 1. The number of pyridine rings is 1. The first kappa shape index (κ1) is 12.6. The first-order valence-corrected chi connectivity index (χ1v) is 5.85. The van der Waals surface area contributed by atoms with E-state index in [-0.39, 0.29) is 0 Å². The molecule has 1 unspecified atom stereocenters. The van der Waals surface area contributed by atoms with Crippen LogP contribution >= 0.6 is 0 Å². The minimum atomic E-state index is -0.592. The maximum Gasteiger partial charge on any atom is 0.218 e. The molecule has 0 fully saturated rings. The van der Waals surface area contributed by atoms with E-state index in [0.29, 0.717) is 24.3 Å². The summed E-state index contributed by atoms with van der Waals surface area (Å²) in [5.41, 5.74) is 0.717. The van der Waals surface area contributed by atoms with Gasteiger partial charge in [0, 0.05) is 37.6 Å². The van der Waals surface area contributed by atoms with Crippen LogP contribution in [0.15, 0.2) is 30.7 Å². The summed E-state index contributed by atoms with van der Waals surface area (Å²) in [6, 6.07) is 3.62. The third-order valence-electron chi connectivity index (χ3n) is 2.92. The molecule has 96 valence electrons. The first-order chi connectivity index (χ1) is 8.72. The Kier molecular flexibility index (Phi) is 3.94. The third kappa shape index (κ3) is 2.68. The molecule has 0 aromatic carbocycles. The summed E-state index contributed by atoms with van der Waals surface area (Å²) in [5.74, 6) is 1.43. The Morgan fingerprint density at radius 2 is 2.22 bits per heavy atom. The molecule has 0 aliphatic heterocycles. The molecule has 2 heterocycles. The summed E-state index contributed by atoms with van der Waals surface area (Å²) < 4.78 is 7.09. The predicted octanol–water partition coefficient (Wildman–Crippen LogP) is 1.49. The summed E-state index contributed by atoms with van der Waals surface area (Å²) in [5, 5.41) is 10.2. The molecule has 2 aromatic rings. The van der Waals surface area contributed by atoms with E-state index in [0.717, 1.165) is 5.82 Å². The summed E-state index contributed by atoms with van der Waals surface area (Å²) >= 11 is 0. The van der Waals surface area contributed by atoms with Crippen LogP contribution in [0.5, 0.6) is 5.88 Å². The van der Waals surface area contributed by atoms with Gasteiger partial charge in [-0.25, -0.2) is 9.97 Å². The van der Waals surface area contributed by atoms with E-state index in [4.69, 9.17) is 4.74 Å². The largest absolute Gasteiger partial charge is 0.481 e. The number of nitrogens with zero attached hydrogens (tertiary/aromatic N) is 3. The molecule has 5 heteroatoms. The highest BCUT2D eigenvalue weighted by molar-refractivity contribution is 5.27. The van der Waals surface area contributed by atoms with Gasteiger partial charge in [-0.05, 0) is 18.6 Å². The van der Waals surface area contributed by atoms with Gasteiger partial charge in [-0.15, -0.1) is 0 Å². The number of methoxy groups -OCH3 is 1. The van der Waals surface area contributed by atoms with Crippen molar-refractivity contribution in [3.63, 3.8) is 0 Å². The van der Waals surface area contributed by atoms with E-state index < -0.39 is 6.10 Å². The second kappa shape index (κ2) is 5.64. The Hall–Kier alpha value is -1.88. The van der Waals surface area contributed by atoms with Crippen molar-refractivity contribution in [2.45, 2.75) is 18.9 Å². The Morgan fingerprint density at radius 3 is 2.89 bits per heavy atom. The molecule has 0 spiro atoms. The van der Waals surface area contributed by atoms with Gasteiger partial charge in [0.15, 0.2) is 0 Å². The van der Waals surface area contributed by atoms with Crippen molar-refractivity contribution in [3.05, 3.63) is 42.1 Å². The number of imidazole rings is 1. The van der Waals surface area contributed by atoms with Crippen molar-refractivity contribution in [2.75, 3.05) is 7.11 Å². The van der Waals surface area contributed by atoms with Crippen LogP contribution in [0.25, 0.3) is 0 Å². The molecule has 0 saturated heterocycles. The summed E-state index contributed by atoms with van der Waals surface area (Å²) in [6.07, 6.45) is 6.01. The fourth-order valence-electron chi connectivity index (χ4n) is 1.89. The number of aromatic nitrogens is 3. The lowest BCUT2D eigenvalue weighted by Gasteiger charge is -2.13. The van der Waals surface area contributed by atoms with E-state index in [1.807, 2.05) is 23.9 Å². The quantitative estimate of drug-likeness (QED) is 0.869. The van der Waals surface area contributed by atoms with Gasteiger partial charge in [0.05, 0.1) is 13.2 Å². The zero-order valence-electron chi connectivity index (χ0n) is 10.6. The number of aliphatic hydroxyl groups excluding tert-OH is 1. The average Bonchev–Trinajstić information content (AvgIpc) is 2.81. The Morgan fingerprint density at radius 1 is 1.39 bits per heavy atom. The lowest BCUT2D eigenvalue weighted by atomic mass is 10.1. The molecule has 2 aromatic heterocycles. The second-order valence-electron chi connectivity index (χ2n) is 4.11. The van der Waals surface area contributed by atoms with Crippen LogP contribution in [-0.4, -0.2) is 26.8 Å². The zero-order chi connectivity index (χ0) is 13.0.